The van der Waals surface area contributed by atoms with Gasteiger partial charge in [-0.25, -0.2) is 4.99 Å². The normalized spacial score (nSPS) is 15.9. The molecule has 1 atom stereocenters. The SMILES string of the molecule is NC(=NCc1cccc(OCc2ccccn2)c1)NC1CCOc2ccccc21. The summed E-state index contributed by atoms with van der Waals surface area (Å²) in [5.41, 5.74) is 9.17. The predicted octanol–water partition coefficient (Wildman–Crippen LogP) is 3.59. The molecular weight excluding hydrogens is 364 g/mol. The number of hydrogen-bond acceptors (Lipinski definition) is 4. The van der Waals surface area contributed by atoms with Crippen LogP contribution in [0.4, 0.5) is 0 Å². The fourth-order valence-corrected chi connectivity index (χ4v) is 3.27. The Bertz CT molecular complexity index is 975. The van der Waals surface area contributed by atoms with Gasteiger partial charge < -0.3 is 20.5 Å². The average molecular weight is 388 g/mol. The van der Waals surface area contributed by atoms with Crippen LogP contribution in [0, 0.1) is 0 Å². The first-order chi connectivity index (χ1) is 14.3. The van der Waals surface area contributed by atoms with Crippen LogP contribution < -0.4 is 20.5 Å². The van der Waals surface area contributed by atoms with E-state index in [1.165, 1.54) is 0 Å². The second-order valence-electron chi connectivity index (χ2n) is 6.83. The second-order valence-corrected chi connectivity index (χ2v) is 6.83. The van der Waals surface area contributed by atoms with Crippen LogP contribution in [0.15, 0.2) is 77.9 Å². The van der Waals surface area contributed by atoms with Crippen LogP contribution in [0.25, 0.3) is 0 Å². The van der Waals surface area contributed by atoms with E-state index in [0.29, 0.717) is 25.7 Å². The van der Waals surface area contributed by atoms with Crippen molar-refractivity contribution in [2.24, 2.45) is 10.7 Å². The number of aliphatic imine (C=N–C) groups is 1. The molecule has 0 amide bonds. The van der Waals surface area contributed by atoms with Crippen LogP contribution in [0.2, 0.25) is 0 Å². The third-order valence-electron chi connectivity index (χ3n) is 4.72. The quantitative estimate of drug-likeness (QED) is 0.498. The average Bonchev–Trinajstić information content (AvgIpc) is 2.78. The molecule has 2 aromatic carbocycles. The number of guanidine groups is 1. The van der Waals surface area contributed by atoms with Gasteiger partial charge in [0, 0.05) is 18.2 Å². The molecule has 0 saturated carbocycles. The molecule has 1 aliphatic rings. The van der Waals surface area contributed by atoms with Crippen LogP contribution in [0.5, 0.6) is 11.5 Å². The molecule has 29 heavy (non-hydrogen) atoms. The summed E-state index contributed by atoms with van der Waals surface area (Å²) in [6.45, 7) is 1.57. The van der Waals surface area contributed by atoms with Crippen molar-refractivity contribution < 1.29 is 9.47 Å². The van der Waals surface area contributed by atoms with Crippen molar-refractivity contribution >= 4 is 5.96 Å². The highest BCUT2D eigenvalue weighted by Crippen LogP contribution is 2.31. The molecule has 0 fully saturated rings. The lowest BCUT2D eigenvalue weighted by atomic mass is 10.0. The Hall–Kier alpha value is -3.54. The summed E-state index contributed by atoms with van der Waals surface area (Å²) in [6, 6.07) is 21.8. The maximum Gasteiger partial charge on any atom is 0.189 e. The molecule has 2 heterocycles. The van der Waals surface area contributed by atoms with Crippen LogP contribution in [-0.4, -0.2) is 17.6 Å². The van der Waals surface area contributed by atoms with E-state index < -0.39 is 0 Å². The molecule has 148 valence electrons. The number of aromatic nitrogens is 1. The van der Waals surface area contributed by atoms with Crippen LogP contribution in [0.1, 0.15) is 29.3 Å². The number of rotatable bonds is 6. The van der Waals surface area contributed by atoms with Gasteiger partial charge >= 0.3 is 0 Å². The highest BCUT2D eigenvalue weighted by Gasteiger charge is 2.21. The summed E-state index contributed by atoms with van der Waals surface area (Å²) in [6.07, 6.45) is 2.61. The van der Waals surface area contributed by atoms with E-state index in [-0.39, 0.29) is 6.04 Å². The number of benzene rings is 2. The van der Waals surface area contributed by atoms with Crippen molar-refractivity contribution in [2.45, 2.75) is 25.6 Å². The Kier molecular flexibility index (Phi) is 5.90. The van der Waals surface area contributed by atoms with Crippen molar-refractivity contribution in [3.8, 4) is 11.5 Å². The highest BCUT2D eigenvalue weighted by molar-refractivity contribution is 5.78. The molecular formula is C23H24N4O2. The van der Waals surface area contributed by atoms with Crippen LogP contribution in [-0.2, 0) is 13.2 Å². The molecule has 1 aromatic heterocycles. The number of nitrogens with two attached hydrogens (primary N) is 1. The third-order valence-corrected chi connectivity index (χ3v) is 4.72. The van der Waals surface area contributed by atoms with Crippen molar-refractivity contribution in [2.75, 3.05) is 6.61 Å². The zero-order valence-electron chi connectivity index (χ0n) is 16.1. The lowest BCUT2D eigenvalue weighted by Gasteiger charge is -2.26. The largest absolute Gasteiger partial charge is 0.493 e. The van der Waals surface area contributed by atoms with E-state index in [4.69, 9.17) is 15.2 Å². The summed E-state index contributed by atoms with van der Waals surface area (Å²) in [5, 5.41) is 3.31. The Labute approximate surface area is 170 Å². The number of nitrogens with zero attached hydrogens (tertiary/aromatic N) is 2. The number of ether oxygens (including phenoxy) is 2. The molecule has 4 rings (SSSR count). The van der Waals surface area contributed by atoms with Gasteiger partial charge in [0.05, 0.1) is 24.9 Å². The number of nitrogens with one attached hydrogen (secondary N) is 1. The molecule has 3 N–H and O–H groups in total. The zero-order valence-corrected chi connectivity index (χ0v) is 16.1. The first-order valence-corrected chi connectivity index (χ1v) is 9.68. The number of para-hydroxylation sites is 1. The van der Waals surface area contributed by atoms with Crippen molar-refractivity contribution in [1.29, 1.82) is 0 Å². The monoisotopic (exact) mass is 388 g/mol. The first-order valence-electron chi connectivity index (χ1n) is 9.68. The Morgan fingerprint density at radius 1 is 1.14 bits per heavy atom. The minimum atomic E-state index is 0.108. The van der Waals surface area contributed by atoms with Gasteiger partial charge in [-0.2, -0.15) is 0 Å². The predicted molar refractivity (Wildman–Crippen MR) is 113 cm³/mol. The van der Waals surface area contributed by atoms with Gasteiger partial charge in [0.25, 0.3) is 0 Å². The van der Waals surface area contributed by atoms with Crippen LogP contribution in [0.3, 0.4) is 0 Å². The molecule has 0 bridgehead atoms. The molecule has 1 unspecified atom stereocenters. The lowest BCUT2D eigenvalue weighted by Crippen LogP contribution is -2.37. The molecule has 6 nitrogen and oxygen atoms in total. The highest BCUT2D eigenvalue weighted by atomic mass is 16.5. The van der Waals surface area contributed by atoms with Gasteiger partial charge in [-0.3, -0.25) is 4.98 Å². The minimum absolute atomic E-state index is 0.108. The maximum absolute atomic E-state index is 6.14. The van der Waals surface area contributed by atoms with Gasteiger partial charge in [-0.1, -0.05) is 36.4 Å². The fourth-order valence-electron chi connectivity index (χ4n) is 3.27. The standard InChI is InChI=1S/C23H24N4O2/c24-23(27-21-11-13-28-22-10-2-1-9-20(21)22)26-15-17-6-5-8-19(14-17)29-16-18-7-3-4-12-25-18/h1-10,12,14,21H,11,13,15-16H2,(H3,24,26,27). The minimum Gasteiger partial charge on any atom is -0.493 e. The Morgan fingerprint density at radius 3 is 2.93 bits per heavy atom. The molecule has 0 radical (unpaired) electrons. The van der Waals surface area contributed by atoms with Gasteiger partial charge in [-0.05, 0) is 35.9 Å². The topological polar surface area (TPSA) is 81.8 Å². The number of hydrogen-bond donors (Lipinski definition) is 2. The molecule has 0 aliphatic carbocycles. The smallest absolute Gasteiger partial charge is 0.189 e. The molecule has 0 spiro atoms. The summed E-state index contributed by atoms with van der Waals surface area (Å²) in [4.78, 5) is 8.76. The van der Waals surface area contributed by atoms with Gasteiger partial charge in [0.1, 0.15) is 18.1 Å². The molecule has 0 saturated heterocycles. The van der Waals surface area contributed by atoms with Crippen molar-refractivity contribution in [3.05, 3.63) is 89.7 Å². The first kappa shape index (κ1) is 18.8. The van der Waals surface area contributed by atoms with E-state index in [9.17, 15) is 0 Å². The summed E-state index contributed by atoms with van der Waals surface area (Å²) >= 11 is 0. The van der Waals surface area contributed by atoms with E-state index in [0.717, 1.165) is 34.7 Å². The molecule has 6 heteroatoms. The number of pyridine rings is 1. The van der Waals surface area contributed by atoms with E-state index in [1.807, 2.05) is 60.7 Å². The third kappa shape index (κ3) is 5.04. The maximum atomic E-state index is 6.14. The molecule has 1 aliphatic heterocycles. The van der Waals surface area contributed by atoms with E-state index >= 15 is 0 Å². The lowest BCUT2D eigenvalue weighted by molar-refractivity contribution is 0.262. The van der Waals surface area contributed by atoms with Gasteiger partial charge in [0.2, 0.25) is 0 Å². The number of fused-ring (bicyclic) bond motifs is 1. The Balaban J connectivity index is 1.35. The second kappa shape index (κ2) is 9.10. The molecule has 3 aromatic rings. The summed E-state index contributed by atoms with van der Waals surface area (Å²) < 4.78 is 11.5. The van der Waals surface area contributed by atoms with Crippen molar-refractivity contribution in [3.63, 3.8) is 0 Å². The van der Waals surface area contributed by atoms with Gasteiger partial charge in [-0.15, -0.1) is 0 Å². The zero-order chi connectivity index (χ0) is 19.9. The summed E-state index contributed by atoms with van der Waals surface area (Å²) in [5.74, 6) is 2.11. The van der Waals surface area contributed by atoms with Crippen LogP contribution >= 0.6 is 0 Å². The van der Waals surface area contributed by atoms with Crippen molar-refractivity contribution in [1.82, 2.24) is 10.3 Å². The van der Waals surface area contributed by atoms with E-state index in [1.54, 1.807) is 6.20 Å². The van der Waals surface area contributed by atoms with E-state index in [2.05, 4.69) is 21.4 Å². The Morgan fingerprint density at radius 2 is 2.03 bits per heavy atom. The van der Waals surface area contributed by atoms with Gasteiger partial charge in [0.15, 0.2) is 5.96 Å². The fraction of sp³-hybridized carbons (Fsp3) is 0.217. The summed E-state index contributed by atoms with van der Waals surface area (Å²) in [7, 11) is 0.